The highest BCUT2D eigenvalue weighted by Crippen LogP contribution is 2.22. The number of anilines is 1. The second kappa shape index (κ2) is 8.63. The number of imidazole rings is 1. The van der Waals surface area contributed by atoms with Crippen molar-refractivity contribution in [3.8, 4) is 11.4 Å². The lowest BCUT2D eigenvalue weighted by Crippen LogP contribution is -2.12. The van der Waals surface area contributed by atoms with Crippen molar-refractivity contribution in [3.05, 3.63) is 102 Å². The van der Waals surface area contributed by atoms with E-state index in [0.29, 0.717) is 23.6 Å². The number of hydrogen-bond donors (Lipinski definition) is 1. The summed E-state index contributed by atoms with van der Waals surface area (Å²) in [6.07, 6.45) is 1.80. The van der Waals surface area contributed by atoms with Gasteiger partial charge < -0.3 is 14.6 Å². The van der Waals surface area contributed by atoms with Crippen molar-refractivity contribution in [3.63, 3.8) is 0 Å². The molecule has 0 fully saturated rings. The van der Waals surface area contributed by atoms with E-state index in [-0.39, 0.29) is 5.91 Å². The van der Waals surface area contributed by atoms with Crippen LogP contribution in [0.4, 0.5) is 5.69 Å². The average Bonchev–Trinajstić information content (AvgIpc) is 3.41. The van der Waals surface area contributed by atoms with Gasteiger partial charge in [-0.25, -0.2) is 4.98 Å². The summed E-state index contributed by atoms with van der Waals surface area (Å²) in [5, 5.41) is 6.87. The molecule has 2 heterocycles. The molecule has 2 aromatic heterocycles. The Kier molecular flexibility index (Phi) is 5.36. The molecule has 7 heteroatoms. The monoisotopic (exact) mass is 438 g/mol. The lowest BCUT2D eigenvalue weighted by molar-refractivity contribution is 0.102. The number of carbonyl (C=O) groups excluding carboxylic acids is 1. The minimum atomic E-state index is -0.210. The molecule has 0 aliphatic carbocycles. The molecule has 1 N–H and O–H groups in total. The molecule has 0 aliphatic heterocycles. The van der Waals surface area contributed by atoms with Gasteiger partial charge in [-0.15, -0.1) is 0 Å². The van der Waals surface area contributed by atoms with Crippen LogP contribution in [0, 0.1) is 13.8 Å². The van der Waals surface area contributed by atoms with Crippen molar-refractivity contribution in [2.75, 3.05) is 5.32 Å². The predicted molar refractivity (Wildman–Crippen MR) is 126 cm³/mol. The van der Waals surface area contributed by atoms with Gasteiger partial charge in [0.05, 0.1) is 22.3 Å². The highest BCUT2D eigenvalue weighted by atomic mass is 16.5. The first-order valence-corrected chi connectivity index (χ1v) is 10.6. The topological polar surface area (TPSA) is 82.2 Å². The van der Waals surface area contributed by atoms with E-state index >= 15 is 0 Å². The van der Waals surface area contributed by atoms with Crippen LogP contribution < -0.4 is 10.1 Å². The van der Waals surface area contributed by atoms with Gasteiger partial charge in [-0.3, -0.25) is 9.36 Å². The van der Waals surface area contributed by atoms with Crippen molar-refractivity contribution < 1.29 is 14.1 Å². The fraction of sp³-hybridized carbons (Fsp3) is 0.115. The zero-order chi connectivity index (χ0) is 22.8. The highest BCUT2D eigenvalue weighted by Gasteiger charge is 2.12. The van der Waals surface area contributed by atoms with E-state index in [0.717, 1.165) is 33.7 Å². The molecule has 0 atom stereocenters. The van der Waals surface area contributed by atoms with Crippen LogP contribution in [0.25, 0.3) is 16.7 Å². The van der Waals surface area contributed by atoms with E-state index < -0.39 is 0 Å². The molecule has 3 aromatic carbocycles. The quantitative estimate of drug-likeness (QED) is 0.381. The number of fused-ring (bicyclic) bond motifs is 1. The van der Waals surface area contributed by atoms with Gasteiger partial charge in [0.2, 0.25) is 0 Å². The van der Waals surface area contributed by atoms with Crippen LogP contribution in [0.15, 0.2) is 83.6 Å². The molecule has 33 heavy (non-hydrogen) atoms. The summed E-state index contributed by atoms with van der Waals surface area (Å²) in [6, 6.07) is 22.7. The van der Waals surface area contributed by atoms with Gasteiger partial charge in [0.25, 0.3) is 5.91 Å². The lowest BCUT2D eigenvalue weighted by Gasteiger charge is -2.10. The second-order valence-corrected chi connectivity index (χ2v) is 7.72. The van der Waals surface area contributed by atoms with E-state index in [2.05, 4.69) is 15.5 Å². The highest BCUT2D eigenvalue weighted by molar-refractivity contribution is 6.04. The van der Waals surface area contributed by atoms with Crippen LogP contribution in [0.1, 0.15) is 27.4 Å². The molecule has 0 aliphatic rings. The molecule has 0 spiro atoms. The number of benzene rings is 3. The molecular formula is C26H22N4O3. The Morgan fingerprint density at radius 1 is 1.03 bits per heavy atom. The number of aryl methyl sites for hydroxylation is 2. The van der Waals surface area contributed by atoms with Crippen LogP contribution in [0.5, 0.6) is 5.75 Å². The zero-order valence-electron chi connectivity index (χ0n) is 18.3. The fourth-order valence-corrected chi connectivity index (χ4v) is 3.66. The number of aromatic nitrogens is 3. The normalized spacial score (nSPS) is 11.0. The molecule has 7 nitrogen and oxygen atoms in total. The summed E-state index contributed by atoms with van der Waals surface area (Å²) in [7, 11) is 0. The Morgan fingerprint density at radius 3 is 2.64 bits per heavy atom. The fourth-order valence-electron chi connectivity index (χ4n) is 3.66. The van der Waals surface area contributed by atoms with E-state index in [4.69, 9.17) is 9.26 Å². The molecular weight excluding hydrogens is 416 g/mol. The third kappa shape index (κ3) is 4.21. The van der Waals surface area contributed by atoms with E-state index in [1.807, 2.05) is 73.0 Å². The maximum absolute atomic E-state index is 12.8. The molecule has 0 saturated heterocycles. The molecule has 5 aromatic rings. The number of nitrogens with zero attached hydrogens (tertiary/aromatic N) is 3. The van der Waals surface area contributed by atoms with Gasteiger partial charge in [0, 0.05) is 16.9 Å². The molecule has 0 saturated carbocycles. The van der Waals surface area contributed by atoms with E-state index in [1.165, 1.54) is 0 Å². The molecule has 0 bridgehead atoms. The SMILES string of the molecule is Cc1noc(C)c1COc1cccc(C(=O)Nc2ccc(-n3cnc4ccccc43)cc2)c1. The third-order valence-electron chi connectivity index (χ3n) is 5.52. The zero-order valence-corrected chi connectivity index (χ0v) is 18.3. The minimum absolute atomic E-state index is 0.210. The summed E-state index contributed by atoms with van der Waals surface area (Å²) in [5.41, 5.74) is 5.86. The molecule has 164 valence electrons. The van der Waals surface area contributed by atoms with Crippen LogP contribution in [-0.2, 0) is 6.61 Å². The molecule has 0 unspecified atom stereocenters. The third-order valence-corrected chi connectivity index (χ3v) is 5.52. The number of rotatable bonds is 6. The first-order chi connectivity index (χ1) is 16.1. The molecule has 5 rings (SSSR count). The van der Waals surface area contributed by atoms with Gasteiger partial charge in [0.15, 0.2) is 0 Å². The first-order valence-electron chi connectivity index (χ1n) is 10.6. The smallest absolute Gasteiger partial charge is 0.255 e. The second-order valence-electron chi connectivity index (χ2n) is 7.72. The standard InChI is InChI=1S/C26H22N4O3/c1-17-23(18(2)33-29-17)15-32-22-7-5-6-19(14-22)26(31)28-20-10-12-21(13-11-20)30-16-27-24-8-3-4-9-25(24)30/h3-14,16H,15H2,1-2H3,(H,28,31). The Morgan fingerprint density at radius 2 is 1.85 bits per heavy atom. The van der Waals surface area contributed by atoms with Gasteiger partial charge in [-0.05, 0) is 68.4 Å². The molecule has 0 radical (unpaired) electrons. The summed E-state index contributed by atoms with van der Waals surface area (Å²) in [5.74, 6) is 1.12. The van der Waals surface area contributed by atoms with Crippen molar-refractivity contribution in [2.24, 2.45) is 0 Å². The number of carbonyl (C=O) groups is 1. The van der Waals surface area contributed by atoms with Crippen molar-refractivity contribution in [1.29, 1.82) is 0 Å². The number of amides is 1. The Hall–Kier alpha value is -4.39. The Bertz CT molecular complexity index is 1410. The lowest BCUT2D eigenvalue weighted by atomic mass is 10.2. The van der Waals surface area contributed by atoms with Gasteiger partial charge >= 0.3 is 0 Å². The van der Waals surface area contributed by atoms with Crippen molar-refractivity contribution in [2.45, 2.75) is 20.5 Å². The van der Waals surface area contributed by atoms with Crippen molar-refractivity contribution in [1.82, 2.24) is 14.7 Å². The summed E-state index contributed by atoms with van der Waals surface area (Å²) in [4.78, 5) is 17.2. The minimum Gasteiger partial charge on any atom is -0.489 e. The maximum Gasteiger partial charge on any atom is 0.255 e. The number of hydrogen-bond acceptors (Lipinski definition) is 5. The van der Waals surface area contributed by atoms with Crippen LogP contribution >= 0.6 is 0 Å². The van der Waals surface area contributed by atoms with E-state index in [1.54, 1.807) is 24.5 Å². The van der Waals surface area contributed by atoms with Crippen LogP contribution in [-0.4, -0.2) is 20.6 Å². The number of nitrogens with one attached hydrogen (secondary N) is 1. The molecule has 1 amide bonds. The summed E-state index contributed by atoms with van der Waals surface area (Å²) >= 11 is 0. The predicted octanol–water partition coefficient (Wildman–Crippen LogP) is 5.46. The largest absolute Gasteiger partial charge is 0.489 e. The summed E-state index contributed by atoms with van der Waals surface area (Å²) in [6.45, 7) is 4.05. The number of para-hydroxylation sites is 2. The van der Waals surface area contributed by atoms with Gasteiger partial charge in [0.1, 0.15) is 24.4 Å². The maximum atomic E-state index is 12.8. The first kappa shape index (κ1) is 20.5. The Labute approximate surface area is 190 Å². The summed E-state index contributed by atoms with van der Waals surface area (Å²) < 4.78 is 13.0. The van der Waals surface area contributed by atoms with Crippen LogP contribution in [0.2, 0.25) is 0 Å². The Balaban J connectivity index is 1.27. The van der Waals surface area contributed by atoms with Crippen LogP contribution in [0.3, 0.4) is 0 Å². The van der Waals surface area contributed by atoms with E-state index in [9.17, 15) is 4.79 Å². The van der Waals surface area contributed by atoms with Gasteiger partial charge in [-0.1, -0.05) is 23.4 Å². The number of ether oxygens (including phenoxy) is 1. The average molecular weight is 438 g/mol. The van der Waals surface area contributed by atoms with Crippen molar-refractivity contribution >= 4 is 22.6 Å². The van der Waals surface area contributed by atoms with Gasteiger partial charge in [-0.2, -0.15) is 0 Å².